The van der Waals surface area contributed by atoms with Crippen LogP contribution in [0, 0.1) is 0 Å². The molecule has 2 aliphatic rings. The largest absolute Gasteiger partial charge is 0.317 e. The van der Waals surface area contributed by atoms with Gasteiger partial charge in [-0.3, -0.25) is 4.90 Å². The van der Waals surface area contributed by atoms with Crippen molar-refractivity contribution in [2.45, 2.75) is 57.5 Å². The minimum atomic E-state index is 0.887. The normalized spacial score (nSPS) is 29.1. The van der Waals surface area contributed by atoms with Gasteiger partial charge in [0.1, 0.15) is 0 Å². The number of rotatable bonds is 4. The van der Waals surface area contributed by atoms with Gasteiger partial charge in [0, 0.05) is 12.1 Å². The van der Waals surface area contributed by atoms with Gasteiger partial charge in [0.05, 0.1) is 0 Å². The predicted molar refractivity (Wildman–Crippen MR) is 60.5 cm³/mol. The molecule has 2 heteroatoms. The average Bonchev–Trinajstić information content (AvgIpc) is 3.02. The highest BCUT2D eigenvalue weighted by molar-refractivity contribution is 4.89. The Labute approximate surface area is 88.1 Å². The highest BCUT2D eigenvalue weighted by Crippen LogP contribution is 2.31. The Morgan fingerprint density at radius 3 is 2.57 bits per heavy atom. The summed E-state index contributed by atoms with van der Waals surface area (Å²) in [5, 5.41) is 3.51. The smallest absolute Gasteiger partial charge is 0.0111 e. The van der Waals surface area contributed by atoms with Crippen molar-refractivity contribution in [2.24, 2.45) is 0 Å². The van der Waals surface area contributed by atoms with Crippen molar-refractivity contribution in [3.05, 3.63) is 0 Å². The van der Waals surface area contributed by atoms with Crippen molar-refractivity contribution in [1.29, 1.82) is 0 Å². The molecule has 1 unspecified atom stereocenters. The second kappa shape index (κ2) is 5.13. The third kappa shape index (κ3) is 2.71. The summed E-state index contributed by atoms with van der Waals surface area (Å²) >= 11 is 0. The van der Waals surface area contributed by atoms with Gasteiger partial charge in [-0.1, -0.05) is 6.92 Å². The van der Waals surface area contributed by atoms with Crippen LogP contribution in [0.1, 0.15) is 45.4 Å². The van der Waals surface area contributed by atoms with E-state index in [4.69, 9.17) is 0 Å². The van der Waals surface area contributed by atoms with Gasteiger partial charge in [-0.05, 0) is 58.2 Å². The Bertz CT molecular complexity index is 158. The maximum atomic E-state index is 3.51. The van der Waals surface area contributed by atoms with Crippen molar-refractivity contribution < 1.29 is 0 Å². The SMILES string of the molecule is CCCN(C1CCCNCC1)C1CC1. The van der Waals surface area contributed by atoms with Crippen molar-refractivity contribution in [3.63, 3.8) is 0 Å². The summed E-state index contributed by atoms with van der Waals surface area (Å²) in [7, 11) is 0. The number of nitrogens with zero attached hydrogens (tertiary/aromatic N) is 1. The predicted octanol–water partition coefficient (Wildman–Crippen LogP) is 2.00. The van der Waals surface area contributed by atoms with Crippen LogP contribution in [0.25, 0.3) is 0 Å². The van der Waals surface area contributed by atoms with Crippen LogP contribution in [-0.2, 0) is 0 Å². The Kier molecular flexibility index (Phi) is 3.82. The maximum Gasteiger partial charge on any atom is 0.0111 e. The van der Waals surface area contributed by atoms with Gasteiger partial charge in [-0.15, -0.1) is 0 Å². The average molecular weight is 196 g/mol. The number of hydrogen-bond acceptors (Lipinski definition) is 2. The number of nitrogens with one attached hydrogen (secondary N) is 1. The first kappa shape index (κ1) is 10.4. The molecule has 1 heterocycles. The molecule has 1 atom stereocenters. The Morgan fingerprint density at radius 2 is 1.86 bits per heavy atom. The summed E-state index contributed by atoms with van der Waals surface area (Å²) in [5.74, 6) is 0. The first-order valence-corrected chi connectivity index (χ1v) is 6.38. The first-order valence-electron chi connectivity index (χ1n) is 6.38. The van der Waals surface area contributed by atoms with Gasteiger partial charge in [-0.2, -0.15) is 0 Å². The molecule has 0 amide bonds. The maximum absolute atomic E-state index is 3.51. The zero-order valence-electron chi connectivity index (χ0n) is 9.47. The lowest BCUT2D eigenvalue weighted by Crippen LogP contribution is -2.38. The van der Waals surface area contributed by atoms with E-state index in [0.717, 1.165) is 12.1 Å². The van der Waals surface area contributed by atoms with E-state index in [1.165, 1.54) is 58.2 Å². The van der Waals surface area contributed by atoms with E-state index in [1.807, 2.05) is 0 Å². The molecule has 1 saturated heterocycles. The van der Waals surface area contributed by atoms with Crippen molar-refractivity contribution in [1.82, 2.24) is 10.2 Å². The molecule has 2 rings (SSSR count). The van der Waals surface area contributed by atoms with Crippen LogP contribution < -0.4 is 5.32 Å². The Balaban J connectivity index is 1.86. The lowest BCUT2D eigenvalue weighted by molar-refractivity contribution is 0.172. The molecule has 0 radical (unpaired) electrons. The van der Waals surface area contributed by atoms with E-state index in [-0.39, 0.29) is 0 Å². The van der Waals surface area contributed by atoms with Gasteiger partial charge >= 0.3 is 0 Å². The molecule has 1 aliphatic carbocycles. The molecule has 2 fully saturated rings. The molecular weight excluding hydrogens is 172 g/mol. The summed E-state index contributed by atoms with van der Waals surface area (Å²) in [6.07, 6.45) is 8.41. The highest BCUT2D eigenvalue weighted by Gasteiger charge is 2.33. The third-order valence-corrected chi connectivity index (χ3v) is 3.51. The van der Waals surface area contributed by atoms with Gasteiger partial charge < -0.3 is 5.32 Å². The van der Waals surface area contributed by atoms with E-state index in [1.54, 1.807) is 0 Å². The molecule has 0 spiro atoms. The number of hydrogen-bond donors (Lipinski definition) is 1. The fraction of sp³-hybridized carbons (Fsp3) is 1.00. The van der Waals surface area contributed by atoms with E-state index in [0.29, 0.717) is 0 Å². The van der Waals surface area contributed by atoms with Crippen molar-refractivity contribution >= 4 is 0 Å². The molecule has 1 N–H and O–H groups in total. The molecular formula is C12H24N2. The Hall–Kier alpha value is -0.0800. The second-order valence-corrected chi connectivity index (χ2v) is 4.80. The molecule has 0 bridgehead atoms. The minimum absolute atomic E-state index is 0.887. The lowest BCUT2D eigenvalue weighted by Gasteiger charge is -2.30. The summed E-state index contributed by atoms with van der Waals surface area (Å²) in [4.78, 5) is 2.80. The molecule has 0 aromatic heterocycles. The van der Waals surface area contributed by atoms with Crippen molar-refractivity contribution in [3.8, 4) is 0 Å². The minimum Gasteiger partial charge on any atom is -0.317 e. The van der Waals surface area contributed by atoms with Crippen LogP contribution in [-0.4, -0.2) is 36.6 Å². The molecule has 0 aromatic rings. The van der Waals surface area contributed by atoms with Crippen LogP contribution >= 0.6 is 0 Å². The van der Waals surface area contributed by atoms with E-state index in [9.17, 15) is 0 Å². The molecule has 14 heavy (non-hydrogen) atoms. The zero-order chi connectivity index (χ0) is 9.80. The Morgan fingerprint density at radius 1 is 1.07 bits per heavy atom. The monoisotopic (exact) mass is 196 g/mol. The van der Waals surface area contributed by atoms with Gasteiger partial charge in [0.2, 0.25) is 0 Å². The second-order valence-electron chi connectivity index (χ2n) is 4.80. The fourth-order valence-corrected chi connectivity index (χ4v) is 2.66. The topological polar surface area (TPSA) is 15.3 Å². The van der Waals surface area contributed by atoms with E-state index < -0.39 is 0 Å². The lowest BCUT2D eigenvalue weighted by atomic mass is 10.1. The molecule has 0 aromatic carbocycles. The van der Waals surface area contributed by atoms with Gasteiger partial charge in [-0.25, -0.2) is 0 Å². The van der Waals surface area contributed by atoms with Gasteiger partial charge in [0.25, 0.3) is 0 Å². The summed E-state index contributed by atoms with van der Waals surface area (Å²) in [6.45, 7) is 6.11. The van der Waals surface area contributed by atoms with Crippen LogP contribution in [0.5, 0.6) is 0 Å². The van der Waals surface area contributed by atoms with Crippen LogP contribution in [0.15, 0.2) is 0 Å². The molecule has 1 saturated carbocycles. The highest BCUT2D eigenvalue weighted by atomic mass is 15.2. The van der Waals surface area contributed by atoms with Crippen LogP contribution in [0.2, 0.25) is 0 Å². The van der Waals surface area contributed by atoms with Crippen molar-refractivity contribution in [2.75, 3.05) is 19.6 Å². The van der Waals surface area contributed by atoms with Crippen LogP contribution in [0.3, 0.4) is 0 Å². The molecule has 2 nitrogen and oxygen atoms in total. The van der Waals surface area contributed by atoms with E-state index >= 15 is 0 Å². The zero-order valence-corrected chi connectivity index (χ0v) is 9.47. The standard InChI is InChI=1S/C12H24N2/c1-2-10-14(12-5-6-12)11-4-3-8-13-9-7-11/h11-13H,2-10H2,1H3. The fourth-order valence-electron chi connectivity index (χ4n) is 2.66. The van der Waals surface area contributed by atoms with E-state index in [2.05, 4.69) is 17.1 Å². The molecule has 82 valence electrons. The summed E-state index contributed by atoms with van der Waals surface area (Å²) in [6, 6.07) is 1.84. The third-order valence-electron chi connectivity index (χ3n) is 3.51. The summed E-state index contributed by atoms with van der Waals surface area (Å²) < 4.78 is 0. The molecule has 1 aliphatic heterocycles. The van der Waals surface area contributed by atoms with Crippen LogP contribution in [0.4, 0.5) is 0 Å². The van der Waals surface area contributed by atoms with Gasteiger partial charge in [0.15, 0.2) is 0 Å². The summed E-state index contributed by atoms with van der Waals surface area (Å²) in [5.41, 5.74) is 0. The quantitative estimate of drug-likeness (QED) is 0.740. The first-order chi connectivity index (χ1) is 6.92.